The number of urea groups is 1. The van der Waals surface area contributed by atoms with Crippen LogP contribution in [0.5, 0.6) is 0 Å². The maximum absolute atomic E-state index is 12.3. The molecule has 0 saturated heterocycles. The Balaban J connectivity index is 1.35. The monoisotopic (exact) mass is 393 g/mol. The van der Waals surface area contributed by atoms with Crippen molar-refractivity contribution in [2.75, 3.05) is 5.32 Å². The molecule has 1 aromatic heterocycles. The van der Waals surface area contributed by atoms with Crippen LogP contribution in [0.1, 0.15) is 37.1 Å². The largest absolute Gasteiger partial charge is 0.481 e. The normalized spacial score (nSPS) is 19.0. The second-order valence-corrected chi connectivity index (χ2v) is 7.44. The second-order valence-electron chi connectivity index (χ2n) is 7.44. The van der Waals surface area contributed by atoms with Crippen molar-refractivity contribution in [2.45, 2.75) is 38.1 Å². The van der Waals surface area contributed by atoms with Crippen LogP contribution in [-0.2, 0) is 11.2 Å². The molecular formula is C22H23N3O4. The van der Waals surface area contributed by atoms with Gasteiger partial charge in [-0.3, -0.25) is 4.79 Å². The molecule has 0 bridgehead atoms. The van der Waals surface area contributed by atoms with Crippen molar-refractivity contribution >= 4 is 28.8 Å². The summed E-state index contributed by atoms with van der Waals surface area (Å²) in [6, 6.07) is 15.0. The van der Waals surface area contributed by atoms with Crippen molar-refractivity contribution in [1.29, 1.82) is 0 Å². The first-order valence-electron chi connectivity index (χ1n) is 9.80. The molecule has 150 valence electrons. The summed E-state index contributed by atoms with van der Waals surface area (Å²) in [4.78, 5) is 27.8. The van der Waals surface area contributed by atoms with Gasteiger partial charge in [0.15, 0.2) is 11.5 Å². The van der Waals surface area contributed by atoms with Gasteiger partial charge in [-0.25, -0.2) is 9.78 Å². The maximum atomic E-state index is 12.3. The molecule has 7 heteroatoms. The fourth-order valence-corrected chi connectivity index (χ4v) is 3.73. The average molecular weight is 393 g/mol. The molecule has 0 atom stereocenters. The summed E-state index contributed by atoms with van der Waals surface area (Å²) >= 11 is 0. The van der Waals surface area contributed by atoms with E-state index >= 15 is 0 Å². The minimum absolute atomic E-state index is 0.00270. The molecule has 1 heterocycles. The van der Waals surface area contributed by atoms with E-state index in [1.165, 1.54) is 0 Å². The summed E-state index contributed by atoms with van der Waals surface area (Å²) in [5, 5.41) is 14.8. The van der Waals surface area contributed by atoms with Gasteiger partial charge in [-0.15, -0.1) is 0 Å². The number of amides is 2. The number of carbonyl (C=O) groups excluding carboxylic acids is 1. The van der Waals surface area contributed by atoms with Gasteiger partial charge in [0.2, 0.25) is 0 Å². The number of benzene rings is 2. The zero-order valence-electron chi connectivity index (χ0n) is 15.9. The second kappa shape index (κ2) is 8.34. The molecule has 0 aliphatic heterocycles. The third kappa shape index (κ3) is 4.74. The van der Waals surface area contributed by atoms with Gasteiger partial charge in [0.05, 0.1) is 5.92 Å². The number of carboxylic acid groups (broad SMARTS) is 1. The zero-order valence-corrected chi connectivity index (χ0v) is 15.9. The van der Waals surface area contributed by atoms with Crippen molar-refractivity contribution in [2.24, 2.45) is 5.92 Å². The molecule has 1 saturated carbocycles. The summed E-state index contributed by atoms with van der Waals surface area (Å²) in [6.07, 6.45) is 3.14. The number of carbonyl (C=O) groups is 2. The van der Waals surface area contributed by atoms with Crippen LogP contribution in [0.15, 0.2) is 52.9 Å². The standard InChI is InChI=1S/C22H23N3O4/c26-21(27)15-6-8-16(9-7-15)23-22(28)24-17-10-11-18-19(13-17)29-20(25-18)12-14-4-2-1-3-5-14/h1-5,10-11,13,15-16H,6-9,12H2,(H,26,27)(H2,23,24,28). The van der Waals surface area contributed by atoms with E-state index in [0.29, 0.717) is 49.3 Å². The first-order chi connectivity index (χ1) is 14.1. The highest BCUT2D eigenvalue weighted by atomic mass is 16.4. The smallest absolute Gasteiger partial charge is 0.319 e. The van der Waals surface area contributed by atoms with Crippen LogP contribution in [0.2, 0.25) is 0 Å². The van der Waals surface area contributed by atoms with E-state index in [1.54, 1.807) is 12.1 Å². The van der Waals surface area contributed by atoms with E-state index in [1.807, 2.05) is 36.4 Å². The predicted octanol–water partition coefficient (Wildman–Crippen LogP) is 4.18. The number of hydrogen-bond acceptors (Lipinski definition) is 4. The molecule has 4 rings (SSSR count). The number of aliphatic carboxylic acids is 1. The lowest BCUT2D eigenvalue weighted by molar-refractivity contribution is -0.142. The first-order valence-corrected chi connectivity index (χ1v) is 9.80. The fourth-order valence-electron chi connectivity index (χ4n) is 3.73. The SMILES string of the molecule is O=C(Nc1ccc2nc(Cc3ccccc3)oc2c1)NC1CCC(C(=O)O)CC1. The lowest BCUT2D eigenvalue weighted by Gasteiger charge is -2.26. The number of oxazole rings is 1. The van der Waals surface area contributed by atoms with Crippen molar-refractivity contribution in [1.82, 2.24) is 10.3 Å². The van der Waals surface area contributed by atoms with Gasteiger partial charge in [-0.05, 0) is 43.4 Å². The van der Waals surface area contributed by atoms with Crippen molar-refractivity contribution in [3.63, 3.8) is 0 Å². The van der Waals surface area contributed by atoms with Gasteiger partial charge in [-0.1, -0.05) is 30.3 Å². The summed E-state index contributed by atoms with van der Waals surface area (Å²) in [5.74, 6) is -0.419. The average Bonchev–Trinajstić information content (AvgIpc) is 3.10. The van der Waals surface area contributed by atoms with E-state index in [-0.39, 0.29) is 18.0 Å². The molecule has 0 spiro atoms. The number of hydrogen-bond donors (Lipinski definition) is 3. The topological polar surface area (TPSA) is 104 Å². The Morgan fingerprint density at radius 1 is 1.07 bits per heavy atom. The van der Waals surface area contributed by atoms with Crippen molar-refractivity contribution in [3.05, 3.63) is 60.0 Å². The highest BCUT2D eigenvalue weighted by molar-refractivity contribution is 5.91. The molecule has 2 aromatic carbocycles. The molecule has 1 fully saturated rings. The fraction of sp³-hybridized carbons (Fsp3) is 0.318. The summed E-state index contributed by atoms with van der Waals surface area (Å²) in [7, 11) is 0. The number of rotatable bonds is 5. The molecule has 1 aliphatic rings. The summed E-state index contributed by atoms with van der Waals surface area (Å²) in [6.45, 7) is 0. The Hall–Kier alpha value is -3.35. The molecule has 7 nitrogen and oxygen atoms in total. The van der Waals surface area contributed by atoms with E-state index < -0.39 is 5.97 Å². The van der Waals surface area contributed by atoms with Gasteiger partial charge in [0.25, 0.3) is 0 Å². The van der Waals surface area contributed by atoms with E-state index in [0.717, 1.165) is 11.1 Å². The Bertz CT molecular complexity index is 1010. The van der Waals surface area contributed by atoms with E-state index in [2.05, 4.69) is 15.6 Å². The molecule has 1 aliphatic carbocycles. The van der Waals surface area contributed by atoms with Crippen molar-refractivity contribution < 1.29 is 19.1 Å². The van der Waals surface area contributed by atoms with Gasteiger partial charge >= 0.3 is 12.0 Å². The molecule has 3 N–H and O–H groups in total. The molecule has 0 unspecified atom stereocenters. The summed E-state index contributed by atoms with van der Waals surface area (Å²) in [5.41, 5.74) is 3.11. The zero-order chi connectivity index (χ0) is 20.2. The Kier molecular flexibility index (Phi) is 5.46. The molecule has 29 heavy (non-hydrogen) atoms. The predicted molar refractivity (Wildman–Crippen MR) is 109 cm³/mol. The molecular weight excluding hydrogens is 370 g/mol. The van der Waals surface area contributed by atoms with Gasteiger partial charge in [-0.2, -0.15) is 0 Å². The Labute approximate surface area is 168 Å². The quantitative estimate of drug-likeness (QED) is 0.603. The van der Waals surface area contributed by atoms with Gasteiger partial charge < -0.3 is 20.2 Å². The van der Waals surface area contributed by atoms with Gasteiger partial charge in [0, 0.05) is 24.2 Å². The highest BCUT2D eigenvalue weighted by Gasteiger charge is 2.26. The lowest BCUT2D eigenvalue weighted by atomic mass is 9.86. The van der Waals surface area contributed by atoms with Crippen LogP contribution in [-0.4, -0.2) is 28.1 Å². The van der Waals surface area contributed by atoms with Crippen molar-refractivity contribution in [3.8, 4) is 0 Å². The molecule has 3 aromatic rings. The number of nitrogens with one attached hydrogen (secondary N) is 2. The van der Waals surface area contributed by atoms with Gasteiger partial charge in [0.1, 0.15) is 5.52 Å². The summed E-state index contributed by atoms with van der Waals surface area (Å²) < 4.78 is 5.84. The maximum Gasteiger partial charge on any atom is 0.319 e. The third-order valence-electron chi connectivity index (χ3n) is 5.30. The van der Waals surface area contributed by atoms with E-state index in [4.69, 9.17) is 9.52 Å². The number of nitrogens with zero attached hydrogens (tertiary/aromatic N) is 1. The number of aromatic nitrogens is 1. The van der Waals surface area contributed by atoms with Crippen LogP contribution in [0.25, 0.3) is 11.1 Å². The molecule has 2 amide bonds. The lowest BCUT2D eigenvalue weighted by Crippen LogP contribution is -2.40. The number of anilines is 1. The van der Waals surface area contributed by atoms with Crippen LogP contribution in [0.4, 0.5) is 10.5 Å². The first kappa shape index (κ1) is 19.0. The highest BCUT2D eigenvalue weighted by Crippen LogP contribution is 2.25. The Morgan fingerprint density at radius 3 is 2.55 bits per heavy atom. The molecule has 0 radical (unpaired) electrons. The van der Waals surface area contributed by atoms with Crippen LogP contribution >= 0.6 is 0 Å². The van der Waals surface area contributed by atoms with Crippen LogP contribution in [0, 0.1) is 5.92 Å². The number of fused-ring (bicyclic) bond motifs is 1. The minimum atomic E-state index is -0.750. The van der Waals surface area contributed by atoms with Crippen LogP contribution < -0.4 is 10.6 Å². The van der Waals surface area contributed by atoms with Crippen LogP contribution in [0.3, 0.4) is 0 Å². The number of carboxylic acids is 1. The minimum Gasteiger partial charge on any atom is -0.481 e. The third-order valence-corrected chi connectivity index (χ3v) is 5.30. The Morgan fingerprint density at radius 2 is 1.83 bits per heavy atom. The van der Waals surface area contributed by atoms with E-state index in [9.17, 15) is 9.59 Å².